The Hall–Kier alpha value is -1.36. The monoisotopic (exact) mass is 328 g/mol. The van der Waals surface area contributed by atoms with Crippen LogP contribution in [-0.4, -0.2) is 5.11 Å². The molecule has 0 saturated heterocycles. The van der Waals surface area contributed by atoms with Crippen molar-refractivity contribution in [2.75, 3.05) is 5.32 Å². The van der Waals surface area contributed by atoms with Gasteiger partial charge in [0.05, 0.1) is 0 Å². The van der Waals surface area contributed by atoms with Crippen molar-refractivity contribution in [2.24, 2.45) is 0 Å². The fraction of sp³-hybridized carbons (Fsp3) is 0.0714. The first-order valence-corrected chi connectivity index (χ1v) is 6.95. The molecule has 0 amide bonds. The Bertz CT molecular complexity index is 634. The topological polar surface area (TPSA) is 24.1 Å². The summed E-state index contributed by atoms with van der Waals surface area (Å²) in [6.07, 6.45) is 0. The van der Waals surface area contributed by atoms with Crippen molar-refractivity contribution in [1.82, 2.24) is 5.32 Å². The number of benzene rings is 2. The average Bonchev–Trinajstić information content (AvgIpc) is 2.37. The van der Waals surface area contributed by atoms with Gasteiger partial charge in [-0.15, -0.1) is 0 Å². The van der Waals surface area contributed by atoms with Crippen LogP contribution in [-0.2, 0) is 6.54 Å². The zero-order valence-electron chi connectivity index (χ0n) is 10.3. The van der Waals surface area contributed by atoms with Crippen molar-refractivity contribution in [1.29, 1.82) is 0 Å². The highest BCUT2D eigenvalue weighted by Gasteiger charge is 2.03. The number of rotatable bonds is 3. The Morgan fingerprint density at radius 1 is 1.15 bits per heavy atom. The molecule has 0 fully saturated rings. The van der Waals surface area contributed by atoms with Gasteiger partial charge in [-0.25, -0.2) is 4.39 Å². The minimum Gasteiger partial charge on any atom is -0.358 e. The summed E-state index contributed by atoms with van der Waals surface area (Å²) in [7, 11) is 0. The van der Waals surface area contributed by atoms with Gasteiger partial charge in [0.25, 0.3) is 0 Å². The molecule has 0 heterocycles. The van der Waals surface area contributed by atoms with E-state index in [2.05, 4.69) is 10.6 Å². The summed E-state index contributed by atoms with van der Waals surface area (Å²) in [5.41, 5.74) is 1.46. The van der Waals surface area contributed by atoms with E-state index >= 15 is 0 Å². The van der Waals surface area contributed by atoms with Gasteiger partial charge in [-0.3, -0.25) is 0 Å². The quantitative estimate of drug-likeness (QED) is 0.804. The second kappa shape index (κ2) is 6.88. The van der Waals surface area contributed by atoms with Gasteiger partial charge >= 0.3 is 0 Å². The molecular weight excluding hydrogens is 318 g/mol. The van der Waals surface area contributed by atoms with Crippen molar-refractivity contribution in [2.45, 2.75) is 6.54 Å². The molecule has 104 valence electrons. The minimum absolute atomic E-state index is 0.321. The molecule has 2 aromatic carbocycles. The minimum atomic E-state index is -0.321. The maximum absolute atomic E-state index is 13.0. The van der Waals surface area contributed by atoms with Crippen LogP contribution in [0.3, 0.4) is 0 Å². The van der Waals surface area contributed by atoms with E-state index in [4.69, 9.17) is 35.4 Å². The molecule has 0 aliphatic heterocycles. The van der Waals surface area contributed by atoms with Gasteiger partial charge in [0.15, 0.2) is 5.11 Å². The van der Waals surface area contributed by atoms with E-state index in [1.807, 2.05) is 6.07 Å². The lowest BCUT2D eigenvalue weighted by Gasteiger charge is -2.11. The molecule has 2 rings (SSSR count). The number of thiocarbonyl (C=S) groups is 1. The van der Waals surface area contributed by atoms with Gasteiger partial charge in [0.2, 0.25) is 0 Å². The van der Waals surface area contributed by atoms with Crippen LogP contribution in [0, 0.1) is 5.82 Å². The van der Waals surface area contributed by atoms with E-state index in [0.29, 0.717) is 27.4 Å². The van der Waals surface area contributed by atoms with Crippen LogP contribution in [0.1, 0.15) is 5.56 Å². The molecule has 0 atom stereocenters. The molecule has 0 aliphatic carbocycles. The first-order chi connectivity index (χ1) is 9.54. The molecule has 2 nitrogen and oxygen atoms in total. The summed E-state index contributed by atoms with van der Waals surface area (Å²) in [6.45, 7) is 0.456. The van der Waals surface area contributed by atoms with Crippen LogP contribution in [0.4, 0.5) is 10.1 Å². The van der Waals surface area contributed by atoms with Gasteiger partial charge in [0, 0.05) is 22.3 Å². The van der Waals surface area contributed by atoms with Crippen molar-refractivity contribution >= 4 is 46.2 Å². The molecule has 0 unspecified atom stereocenters. The molecule has 2 N–H and O–H groups in total. The van der Waals surface area contributed by atoms with Gasteiger partial charge in [0.1, 0.15) is 5.82 Å². The highest BCUT2D eigenvalue weighted by molar-refractivity contribution is 7.80. The highest BCUT2D eigenvalue weighted by Crippen LogP contribution is 2.20. The smallest absolute Gasteiger partial charge is 0.171 e. The van der Waals surface area contributed by atoms with Gasteiger partial charge in [-0.1, -0.05) is 35.3 Å². The Morgan fingerprint density at radius 2 is 1.95 bits per heavy atom. The van der Waals surface area contributed by atoms with Crippen LogP contribution in [0.5, 0.6) is 0 Å². The molecule has 0 aromatic heterocycles. The molecule has 2 aromatic rings. The predicted octanol–water partition coefficient (Wildman–Crippen LogP) is 4.62. The Balaban J connectivity index is 1.92. The third kappa shape index (κ3) is 4.34. The standard InChI is InChI=1S/C14H11Cl2FN2S/c15-10-5-4-9(13(16)6-10)8-18-14(20)19-12-3-1-2-11(17)7-12/h1-7H,8H2,(H2,18,19,20). The molecule has 0 saturated carbocycles. The Kier molecular flexibility index (Phi) is 5.17. The van der Waals surface area contributed by atoms with Crippen molar-refractivity contribution in [3.05, 3.63) is 63.9 Å². The lowest BCUT2D eigenvalue weighted by Crippen LogP contribution is -2.28. The van der Waals surface area contributed by atoms with E-state index < -0.39 is 0 Å². The summed E-state index contributed by atoms with van der Waals surface area (Å²) in [4.78, 5) is 0. The van der Waals surface area contributed by atoms with Crippen LogP contribution < -0.4 is 10.6 Å². The fourth-order valence-corrected chi connectivity index (χ4v) is 2.25. The zero-order chi connectivity index (χ0) is 14.5. The lowest BCUT2D eigenvalue weighted by atomic mass is 10.2. The Morgan fingerprint density at radius 3 is 2.65 bits per heavy atom. The summed E-state index contributed by atoms with van der Waals surface area (Å²) in [5, 5.41) is 7.43. The molecular formula is C14H11Cl2FN2S. The molecule has 6 heteroatoms. The normalized spacial score (nSPS) is 10.2. The van der Waals surface area contributed by atoms with Gasteiger partial charge in [-0.2, -0.15) is 0 Å². The second-order valence-electron chi connectivity index (χ2n) is 4.05. The zero-order valence-corrected chi connectivity index (χ0v) is 12.6. The van der Waals surface area contributed by atoms with Crippen molar-refractivity contribution in [3.63, 3.8) is 0 Å². The summed E-state index contributed by atoms with van der Waals surface area (Å²) in [6, 6.07) is 11.3. The van der Waals surface area contributed by atoms with Crippen LogP contribution in [0.15, 0.2) is 42.5 Å². The second-order valence-corrected chi connectivity index (χ2v) is 5.31. The van der Waals surface area contributed by atoms with Crippen LogP contribution in [0.25, 0.3) is 0 Å². The lowest BCUT2D eigenvalue weighted by molar-refractivity contribution is 0.628. The number of nitrogens with one attached hydrogen (secondary N) is 2. The first kappa shape index (κ1) is 15.0. The Labute approximate surface area is 131 Å². The fourth-order valence-electron chi connectivity index (χ4n) is 1.58. The number of halogens is 3. The highest BCUT2D eigenvalue weighted by atomic mass is 35.5. The molecule has 0 bridgehead atoms. The number of anilines is 1. The van der Waals surface area contributed by atoms with E-state index in [9.17, 15) is 4.39 Å². The van der Waals surface area contributed by atoms with E-state index in [1.165, 1.54) is 12.1 Å². The van der Waals surface area contributed by atoms with Gasteiger partial charge < -0.3 is 10.6 Å². The van der Waals surface area contributed by atoms with Crippen LogP contribution in [0.2, 0.25) is 10.0 Å². The van der Waals surface area contributed by atoms with Gasteiger partial charge in [-0.05, 0) is 48.1 Å². The summed E-state index contributed by atoms with van der Waals surface area (Å²) >= 11 is 17.0. The molecule has 0 aliphatic rings. The third-order valence-corrected chi connectivity index (χ3v) is 3.37. The van der Waals surface area contributed by atoms with E-state index in [-0.39, 0.29) is 5.82 Å². The SMILES string of the molecule is Fc1cccc(NC(=S)NCc2ccc(Cl)cc2Cl)c1. The largest absolute Gasteiger partial charge is 0.358 e. The number of hydrogen-bond acceptors (Lipinski definition) is 1. The predicted molar refractivity (Wildman–Crippen MR) is 85.9 cm³/mol. The average molecular weight is 329 g/mol. The summed E-state index contributed by atoms with van der Waals surface area (Å²) in [5.74, 6) is -0.321. The van der Waals surface area contributed by atoms with Crippen molar-refractivity contribution in [3.8, 4) is 0 Å². The first-order valence-electron chi connectivity index (χ1n) is 5.79. The van der Waals surface area contributed by atoms with E-state index in [0.717, 1.165) is 5.56 Å². The van der Waals surface area contributed by atoms with E-state index in [1.54, 1.807) is 24.3 Å². The molecule has 0 radical (unpaired) electrons. The van der Waals surface area contributed by atoms with Crippen molar-refractivity contribution < 1.29 is 4.39 Å². The summed E-state index contributed by atoms with van der Waals surface area (Å²) < 4.78 is 13.0. The maximum atomic E-state index is 13.0. The maximum Gasteiger partial charge on any atom is 0.171 e. The van der Waals surface area contributed by atoms with Crippen LogP contribution >= 0.6 is 35.4 Å². The molecule has 20 heavy (non-hydrogen) atoms. The third-order valence-electron chi connectivity index (χ3n) is 2.54. The molecule has 0 spiro atoms. The number of hydrogen-bond donors (Lipinski definition) is 2.